The van der Waals surface area contributed by atoms with Gasteiger partial charge in [-0.2, -0.15) is 13.2 Å². The minimum absolute atomic E-state index is 0.258. The summed E-state index contributed by atoms with van der Waals surface area (Å²) in [6, 6.07) is 16.4. The molecule has 0 aliphatic rings. The fourth-order valence-corrected chi connectivity index (χ4v) is 4.02. The molecule has 1 N–H and O–H groups in total. The summed E-state index contributed by atoms with van der Waals surface area (Å²) in [5.74, 6) is 0.0303. The van der Waals surface area contributed by atoms with Crippen molar-refractivity contribution >= 4 is 27.7 Å². The maximum Gasteiger partial charge on any atom is 0.418 e. The first-order valence-corrected chi connectivity index (χ1v) is 10.9. The summed E-state index contributed by atoms with van der Waals surface area (Å²) in [5, 5.41) is 4.25. The Kier molecular flexibility index (Phi) is 5.97. The first-order valence-electron chi connectivity index (χ1n) is 10.9. The number of rotatable bonds is 5. The van der Waals surface area contributed by atoms with Crippen LogP contribution in [0.4, 0.5) is 13.2 Å². The molecule has 36 heavy (non-hydrogen) atoms. The van der Waals surface area contributed by atoms with Crippen molar-refractivity contribution in [1.82, 2.24) is 20.3 Å². The summed E-state index contributed by atoms with van der Waals surface area (Å²) in [7, 11) is 1.53. The van der Waals surface area contributed by atoms with Crippen LogP contribution in [0, 0.1) is 0 Å². The highest BCUT2D eigenvalue weighted by atomic mass is 19.4. The quantitative estimate of drug-likeness (QED) is 0.342. The number of aromatic nitrogens is 3. The van der Waals surface area contributed by atoms with E-state index in [-0.39, 0.29) is 11.3 Å². The van der Waals surface area contributed by atoms with Gasteiger partial charge in [-0.3, -0.25) is 19.7 Å². The minimum atomic E-state index is -4.67. The Bertz CT molecular complexity index is 1590. The van der Waals surface area contributed by atoms with Crippen LogP contribution in [0.1, 0.15) is 33.2 Å². The summed E-state index contributed by atoms with van der Waals surface area (Å²) in [4.78, 5) is 26.0. The van der Waals surface area contributed by atoms with Crippen molar-refractivity contribution in [2.75, 3.05) is 7.11 Å². The van der Waals surface area contributed by atoms with Crippen LogP contribution in [-0.4, -0.2) is 28.0 Å². The van der Waals surface area contributed by atoms with Crippen LogP contribution in [0.3, 0.4) is 0 Å². The van der Waals surface area contributed by atoms with Gasteiger partial charge < -0.3 is 10.1 Å². The molecule has 1 amide bonds. The van der Waals surface area contributed by atoms with Crippen LogP contribution >= 0.6 is 0 Å². The summed E-state index contributed by atoms with van der Waals surface area (Å²) < 4.78 is 46.9. The number of carbonyl (C=O) groups excluding carboxylic acids is 1. The van der Waals surface area contributed by atoms with Crippen LogP contribution in [0.5, 0.6) is 5.75 Å². The number of fused-ring (bicyclic) bond motifs is 2. The first-order chi connectivity index (χ1) is 17.3. The molecule has 3 heterocycles. The third-order valence-electron chi connectivity index (χ3n) is 5.81. The minimum Gasteiger partial charge on any atom is -0.497 e. The molecule has 2 aromatic carbocycles. The zero-order valence-electron chi connectivity index (χ0n) is 19.0. The number of pyridine rings is 3. The molecule has 0 unspecified atom stereocenters. The molecule has 3 aromatic heterocycles. The third-order valence-corrected chi connectivity index (χ3v) is 5.81. The maximum absolute atomic E-state index is 13.9. The fourth-order valence-electron chi connectivity index (χ4n) is 4.02. The van der Waals surface area contributed by atoms with Gasteiger partial charge in [0.25, 0.3) is 5.91 Å². The zero-order valence-corrected chi connectivity index (χ0v) is 19.0. The highest BCUT2D eigenvalue weighted by molar-refractivity contribution is 5.98. The lowest BCUT2D eigenvalue weighted by Crippen LogP contribution is -2.31. The molecule has 0 radical (unpaired) electrons. The van der Waals surface area contributed by atoms with Gasteiger partial charge in [0.1, 0.15) is 5.75 Å². The molecule has 0 saturated heterocycles. The van der Waals surface area contributed by atoms with E-state index in [1.165, 1.54) is 25.6 Å². The van der Waals surface area contributed by atoms with E-state index in [4.69, 9.17) is 4.74 Å². The summed E-state index contributed by atoms with van der Waals surface area (Å²) in [6.07, 6.45) is -0.365. The zero-order chi connectivity index (χ0) is 25.3. The van der Waals surface area contributed by atoms with Crippen LogP contribution in [-0.2, 0) is 6.18 Å². The van der Waals surface area contributed by atoms with Gasteiger partial charge in [0, 0.05) is 41.0 Å². The number of hydrogen-bond donors (Lipinski definition) is 1. The lowest BCUT2D eigenvalue weighted by molar-refractivity contribution is -0.138. The number of halogens is 3. The molecule has 9 heteroatoms. The Balaban J connectivity index is 1.60. The van der Waals surface area contributed by atoms with Crippen molar-refractivity contribution in [3.8, 4) is 5.75 Å². The normalized spacial score (nSPS) is 12.4. The Labute approximate surface area is 203 Å². The van der Waals surface area contributed by atoms with Crippen molar-refractivity contribution < 1.29 is 22.7 Å². The molecule has 0 saturated carbocycles. The van der Waals surface area contributed by atoms with E-state index in [9.17, 15) is 18.0 Å². The number of hydrogen-bond acceptors (Lipinski definition) is 5. The second kappa shape index (κ2) is 9.26. The summed E-state index contributed by atoms with van der Waals surface area (Å²) in [5.41, 5.74) is 0.535. The van der Waals surface area contributed by atoms with Gasteiger partial charge in [0.2, 0.25) is 0 Å². The summed E-state index contributed by atoms with van der Waals surface area (Å²) in [6.45, 7) is 0. The van der Waals surface area contributed by atoms with Crippen LogP contribution in [0.2, 0.25) is 0 Å². The lowest BCUT2D eigenvalue weighted by atomic mass is 9.98. The van der Waals surface area contributed by atoms with Gasteiger partial charge in [0.15, 0.2) is 0 Å². The monoisotopic (exact) mass is 488 g/mol. The number of ether oxygens (including phenoxy) is 1. The third kappa shape index (κ3) is 4.55. The maximum atomic E-state index is 13.9. The second-order valence-corrected chi connectivity index (χ2v) is 8.08. The van der Waals surface area contributed by atoms with Crippen molar-refractivity contribution in [3.05, 3.63) is 108 Å². The van der Waals surface area contributed by atoms with Gasteiger partial charge in [-0.05, 0) is 54.1 Å². The number of amides is 1. The topological polar surface area (TPSA) is 77.0 Å². The van der Waals surface area contributed by atoms with Gasteiger partial charge in [-0.15, -0.1) is 0 Å². The van der Waals surface area contributed by atoms with E-state index in [0.717, 1.165) is 11.5 Å². The van der Waals surface area contributed by atoms with Gasteiger partial charge in [-0.1, -0.05) is 12.1 Å². The summed E-state index contributed by atoms with van der Waals surface area (Å²) >= 11 is 0. The highest BCUT2D eigenvalue weighted by Crippen LogP contribution is 2.36. The molecule has 0 aliphatic heterocycles. The molecule has 6 nitrogen and oxygen atoms in total. The Morgan fingerprint density at radius 3 is 2.44 bits per heavy atom. The Morgan fingerprint density at radius 2 is 1.64 bits per heavy atom. The molecule has 0 fully saturated rings. The van der Waals surface area contributed by atoms with Crippen molar-refractivity contribution in [3.63, 3.8) is 0 Å². The van der Waals surface area contributed by atoms with Crippen LogP contribution < -0.4 is 10.1 Å². The van der Waals surface area contributed by atoms with Crippen molar-refractivity contribution in [2.45, 2.75) is 12.2 Å². The molecule has 0 spiro atoms. The lowest BCUT2D eigenvalue weighted by Gasteiger charge is -2.22. The number of carbonyl (C=O) groups is 1. The largest absolute Gasteiger partial charge is 0.497 e. The predicted molar refractivity (Wildman–Crippen MR) is 129 cm³/mol. The molecule has 0 bridgehead atoms. The van der Waals surface area contributed by atoms with Gasteiger partial charge >= 0.3 is 6.18 Å². The molecule has 5 aromatic rings. The number of nitrogens with one attached hydrogen (secondary N) is 1. The van der Waals surface area contributed by atoms with Gasteiger partial charge in [0.05, 0.1) is 35.4 Å². The van der Waals surface area contributed by atoms with E-state index in [1.807, 2.05) is 6.07 Å². The van der Waals surface area contributed by atoms with E-state index in [1.54, 1.807) is 54.7 Å². The van der Waals surface area contributed by atoms with E-state index in [2.05, 4.69) is 20.3 Å². The smallest absolute Gasteiger partial charge is 0.418 e. The molecule has 0 aliphatic carbocycles. The van der Waals surface area contributed by atoms with Crippen molar-refractivity contribution in [2.24, 2.45) is 0 Å². The average molecular weight is 488 g/mol. The first kappa shape index (κ1) is 23.2. The Morgan fingerprint density at radius 1 is 0.889 bits per heavy atom. The number of methoxy groups -OCH3 is 1. The van der Waals surface area contributed by atoms with Gasteiger partial charge in [-0.25, -0.2) is 0 Å². The van der Waals surface area contributed by atoms with Crippen LogP contribution in [0.15, 0.2) is 85.3 Å². The number of alkyl halides is 3. The molecule has 5 rings (SSSR count). The van der Waals surface area contributed by atoms with E-state index < -0.39 is 23.7 Å². The average Bonchev–Trinajstić information content (AvgIpc) is 2.90. The SMILES string of the molecule is COc1ccc2cc([C@H](NC(=O)c3ccc4cccnc4c3)c3ncccc3C(F)(F)F)cnc2c1. The second-order valence-electron chi connectivity index (χ2n) is 8.08. The van der Waals surface area contributed by atoms with Crippen LogP contribution in [0.25, 0.3) is 21.8 Å². The highest BCUT2D eigenvalue weighted by Gasteiger charge is 2.37. The Hall–Kier alpha value is -4.53. The molecule has 1 atom stereocenters. The predicted octanol–water partition coefficient (Wildman–Crippen LogP) is 5.72. The number of nitrogens with zero attached hydrogens (tertiary/aromatic N) is 3. The fraction of sp³-hybridized carbons (Fsp3) is 0.111. The van der Waals surface area contributed by atoms with E-state index in [0.29, 0.717) is 27.7 Å². The molecule has 180 valence electrons. The van der Waals surface area contributed by atoms with Crippen molar-refractivity contribution in [1.29, 1.82) is 0 Å². The van der Waals surface area contributed by atoms with E-state index >= 15 is 0 Å². The molecular weight excluding hydrogens is 469 g/mol. The molecular formula is C27H19F3N4O2. The number of benzene rings is 2. The standard InChI is InChI=1S/C27H19F3N4O2/c1-36-20-9-8-17-12-19(15-33-23(17)14-20)24(25-21(27(28,29)30)5-3-11-32-25)34-26(35)18-7-6-16-4-2-10-31-22(16)13-18/h2-15,24H,1H3,(H,34,35)/t24-/m0/s1.